The van der Waals surface area contributed by atoms with Crippen LogP contribution >= 0.6 is 0 Å². The number of benzene rings is 2. The number of alkyl carbamates (subject to hydrolysis) is 1. The molecule has 2 aromatic heterocycles. The zero-order valence-electron chi connectivity index (χ0n) is 24.2. The van der Waals surface area contributed by atoms with E-state index in [0.717, 1.165) is 58.7 Å². The van der Waals surface area contributed by atoms with Gasteiger partial charge in [0.2, 0.25) is 5.78 Å². The van der Waals surface area contributed by atoms with Gasteiger partial charge in [0.1, 0.15) is 11.4 Å². The maximum atomic E-state index is 12.7. The first-order valence-electron chi connectivity index (χ1n) is 13.9. The van der Waals surface area contributed by atoms with Gasteiger partial charge in [0.25, 0.3) is 0 Å². The van der Waals surface area contributed by atoms with Crippen LogP contribution in [0.25, 0.3) is 28.2 Å². The van der Waals surface area contributed by atoms with E-state index in [-0.39, 0.29) is 12.1 Å². The number of carbonyl (C=O) groups excluding carboxylic acids is 1. The van der Waals surface area contributed by atoms with Gasteiger partial charge in [0, 0.05) is 30.5 Å². The molecule has 5 rings (SSSR count). The first-order valence-corrected chi connectivity index (χ1v) is 13.9. The number of hydrogen-bond acceptors (Lipinski definition) is 6. The van der Waals surface area contributed by atoms with Crippen LogP contribution in [0.1, 0.15) is 58.2 Å². The molecule has 1 atom stereocenters. The highest BCUT2D eigenvalue weighted by molar-refractivity contribution is 5.90. The first-order chi connectivity index (χ1) is 19.1. The van der Waals surface area contributed by atoms with Crippen molar-refractivity contribution in [2.45, 2.75) is 71.1 Å². The van der Waals surface area contributed by atoms with Gasteiger partial charge < -0.3 is 20.1 Å². The molecule has 1 saturated carbocycles. The van der Waals surface area contributed by atoms with Crippen molar-refractivity contribution in [1.82, 2.24) is 19.7 Å². The predicted molar refractivity (Wildman–Crippen MR) is 158 cm³/mol. The summed E-state index contributed by atoms with van der Waals surface area (Å²) in [6.45, 7) is 10.3. The van der Waals surface area contributed by atoms with Gasteiger partial charge >= 0.3 is 6.09 Å². The van der Waals surface area contributed by atoms with Gasteiger partial charge in [-0.2, -0.15) is 0 Å². The molecule has 2 aromatic carbocycles. The Balaban J connectivity index is 1.59. The number of ether oxygens (including phenoxy) is 2. The number of aromatic nitrogens is 3. The van der Waals surface area contributed by atoms with Crippen LogP contribution in [0.15, 0.2) is 60.8 Å². The van der Waals surface area contributed by atoms with Crippen LogP contribution in [0.2, 0.25) is 0 Å². The van der Waals surface area contributed by atoms with E-state index >= 15 is 0 Å². The molecule has 8 heteroatoms. The topological polar surface area (TPSA) is 89.8 Å². The van der Waals surface area contributed by atoms with E-state index in [1.807, 2.05) is 56.5 Å². The van der Waals surface area contributed by atoms with E-state index in [1.165, 1.54) is 0 Å². The average Bonchev–Trinajstić information content (AvgIpc) is 3.26. The lowest BCUT2D eigenvalue weighted by atomic mass is 9.71. The minimum absolute atomic E-state index is 0.0633. The maximum absolute atomic E-state index is 12.7. The van der Waals surface area contributed by atoms with Crippen molar-refractivity contribution in [3.05, 3.63) is 72.1 Å². The Labute approximate surface area is 236 Å². The molecule has 1 aliphatic carbocycles. The number of amides is 1. The van der Waals surface area contributed by atoms with Gasteiger partial charge in [-0.25, -0.2) is 14.8 Å². The first kappa shape index (κ1) is 27.6. The molecule has 2 heterocycles. The fourth-order valence-electron chi connectivity index (χ4n) is 5.33. The molecule has 1 amide bonds. The van der Waals surface area contributed by atoms with E-state index in [1.54, 1.807) is 7.11 Å². The Hall–Kier alpha value is -3.91. The molecule has 8 nitrogen and oxygen atoms in total. The normalized spacial score (nSPS) is 15.3. The summed E-state index contributed by atoms with van der Waals surface area (Å²) in [5.41, 5.74) is 4.85. The zero-order valence-corrected chi connectivity index (χ0v) is 24.2. The van der Waals surface area contributed by atoms with Crippen molar-refractivity contribution in [2.75, 3.05) is 19.0 Å². The van der Waals surface area contributed by atoms with Crippen molar-refractivity contribution in [3.8, 4) is 22.4 Å². The third-order valence-electron chi connectivity index (χ3n) is 7.25. The minimum Gasteiger partial charge on any atom is -0.444 e. The van der Waals surface area contributed by atoms with Gasteiger partial charge in [-0.3, -0.25) is 4.40 Å². The summed E-state index contributed by atoms with van der Waals surface area (Å²) < 4.78 is 13.0. The molecule has 0 aliphatic heterocycles. The van der Waals surface area contributed by atoms with Crippen molar-refractivity contribution in [3.63, 3.8) is 0 Å². The van der Waals surface area contributed by atoms with Crippen LogP contribution in [0.4, 0.5) is 10.6 Å². The molecule has 0 radical (unpaired) electrons. The fraction of sp³-hybridized carbons (Fsp3) is 0.406. The van der Waals surface area contributed by atoms with E-state index in [9.17, 15) is 4.79 Å². The Morgan fingerprint density at radius 2 is 1.75 bits per heavy atom. The summed E-state index contributed by atoms with van der Waals surface area (Å²) in [5, 5.41) is 6.82. The molecular formula is C32H39N5O3. The van der Waals surface area contributed by atoms with E-state index < -0.39 is 11.1 Å². The standard InChI is InChI=1S/C32H39N5O3/c1-21-19-37-28(33-22(2)20-39-6)26(23-11-8-7-9-12-23)27(35-29(37)34-21)24-13-15-25(16-14-24)32(17-10-18-32)36-30(38)40-31(3,4)5/h7-9,11-16,19,22,33H,10,17-18,20H2,1-6H3,(H,36,38)/t22-/m0/s1. The number of carbonyl (C=O) groups is 1. The quantitative estimate of drug-likeness (QED) is 0.257. The van der Waals surface area contributed by atoms with Crippen molar-refractivity contribution in [1.29, 1.82) is 0 Å². The number of fused-ring (bicyclic) bond motifs is 1. The number of nitrogens with one attached hydrogen (secondary N) is 2. The lowest BCUT2D eigenvalue weighted by Gasteiger charge is -2.43. The largest absolute Gasteiger partial charge is 0.444 e. The molecule has 1 fully saturated rings. The molecule has 0 saturated heterocycles. The zero-order chi connectivity index (χ0) is 28.5. The van der Waals surface area contributed by atoms with Crippen LogP contribution in [-0.4, -0.2) is 45.8 Å². The van der Waals surface area contributed by atoms with Crippen molar-refractivity contribution < 1.29 is 14.3 Å². The molecule has 40 heavy (non-hydrogen) atoms. The molecule has 0 bridgehead atoms. The second kappa shape index (κ2) is 10.9. The SMILES string of the molecule is COC[C@H](C)Nc1c(-c2ccccc2)c(-c2ccc(C3(NC(=O)OC(C)(C)C)CCC3)cc2)nc2nc(C)cn12. The molecular weight excluding hydrogens is 502 g/mol. The van der Waals surface area contributed by atoms with Crippen LogP contribution < -0.4 is 10.6 Å². The number of methoxy groups -OCH3 is 1. The third-order valence-corrected chi connectivity index (χ3v) is 7.25. The average molecular weight is 542 g/mol. The second-order valence-corrected chi connectivity index (χ2v) is 11.7. The highest BCUT2D eigenvalue weighted by Gasteiger charge is 2.41. The summed E-state index contributed by atoms with van der Waals surface area (Å²) in [6.07, 6.45) is 4.44. The van der Waals surface area contributed by atoms with Gasteiger partial charge in [0.05, 0.1) is 23.5 Å². The summed E-state index contributed by atoms with van der Waals surface area (Å²) in [5.74, 6) is 1.55. The van der Waals surface area contributed by atoms with Gasteiger partial charge in [-0.1, -0.05) is 54.6 Å². The number of hydrogen-bond donors (Lipinski definition) is 2. The van der Waals surface area contributed by atoms with Gasteiger partial charge in [-0.15, -0.1) is 0 Å². The van der Waals surface area contributed by atoms with E-state index in [2.05, 4.69) is 54.0 Å². The number of nitrogens with zero attached hydrogens (tertiary/aromatic N) is 3. The minimum atomic E-state index is -0.547. The summed E-state index contributed by atoms with van der Waals surface area (Å²) >= 11 is 0. The van der Waals surface area contributed by atoms with E-state index in [0.29, 0.717) is 12.4 Å². The third kappa shape index (κ3) is 5.68. The molecule has 2 N–H and O–H groups in total. The van der Waals surface area contributed by atoms with E-state index in [4.69, 9.17) is 19.4 Å². The molecule has 4 aromatic rings. The number of aryl methyl sites for hydroxylation is 1. The maximum Gasteiger partial charge on any atom is 0.408 e. The van der Waals surface area contributed by atoms with Gasteiger partial charge in [0.15, 0.2) is 0 Å². The van der Waals surface area contributed by atoms with Crippen LogP contribution in [-0.2, 0) is 15.0 Å². The molecule has 1 aliphatic rings. The van der Waals surface area contributed by atoms with Crippen LogP contribution in [0.5, 0.6) is 0 Å². The summed E-state index contributed by atoms with van der Waals surface area (Å²) in [6, 6.07) is 18.7. The highest BCUT2D eigenvalue weighted by atomic mass is 16.6. The second-order valence-electron chi connectivity index (χ2n) is 11.7. The number of rotatable bonds is 8. The lowest BCUT2D eigenvalue weighted by molar-refractivity contribution is 0.0377. The molecule has 0 spiro atoms. The Bertz CT molecular complexity index is 1490. The fourth-order valence-corrected chi connectivity index (χ4v) is 5.33. The summed E-state index contributed by atoms with van der Waals surface area (Å²) in [4.78, 5) is 22.4. The number of anilines is 1. The van der Waals surface area contributed by atoms with Crippen molar-refractivity contribution >= 4 is 17.7 Å². The van der Waals surface area contributed by atoms with Crippen LogP contribution in [0.3, 0.4) is 0 Å². The molecule has 210 valence electrons. The Morgan fingerprint density at radius 1 is 1.05 bits per heavy atom. The lowest BCUT2D eigenvalue weighted by Crippen LogP contribution is -2.52. The highest BCUT2D eigenvalue weighted by Crippen LogP contribution is 2.43. The van der Waals surface area contributed by atoms with Crippen LogP contribution in [0, 0.1) is 6.92 Å². The summed E-state index contributed by atoms with van der Waals surface area (Å²) in [7, 11) is 1.71. The number of imidazole rings is 1. The Kier molecular flexibility index (Phi) is 7.55. The Morgan fingerprint density at radius 3 is 2.35 bits per heavy atom. The predicted octanol–water partition coefficient (Wildman–Crippen LogP) is 6.72. The monoisotopic (exact) mass is 541 g/mol. The van der Waals surface area contributed by atoms with Gasteiger partial charge in [-0.05, 0) is 65.0 Å². The van der Waals surface area contributed by atoms with Crippen molar-refractivity contribution in [2.24, 2.45) is 0 Å². The molecule has 0 unspecified atom stereocenters. The smallest absolute Gasteiger partial charge is 0.408 e.